The number of pyridine rings is 1. The van der Waals surface area contributed by atoms with Gasteiger partial charge in [-0.1, -0.05) is 17.7 Å². The number of ether oxygens (including phenoxy) is 2. The Morgan fingerprint density at radius 1 is 1.11 bits per heavy atom. The van der Waals surface area contributed by atoms with E-state index in [2.05, 4.69) is 0 Å². The molecule has 0 bridgehead atoms. The Kier molecular flexibility index (Phi) is 3.90. The van der Waals surface area contributed by atoms with Gasteiger partial charge in [0.25, 0.3) is 5.56 Å². The first-order chi connectivity index (χ1) is 9.15. The van der Waals surface area contributed by atoms with Crippen LogP contribution in [-0.4, -0.2) is 18.8 Å². The highest BCUT2D eigenvalue weighted by molar-refractivity contribution is 5.37. The number of nitrogens with zero attached hydrogens (tertiary/aromatic N) is 1. The Bertz CT molecular complexity index is 632. The lowest BCUT2D eigenvalue weighted by molar-refractivity contribution is 0.399. The van der Waals surface area contributed by atoms with Crippen LogP contribution in [-0.2, 0) is 6.54 Å². The molecule has 0 unspecified atom stereocenters. The van der Waals surface area contributed by atoms with Gasteiger partial charge in [-0.2, -0.15) is 0 Å². The zero-order valence-corrected chi connectivity index (χ0v) is 11.3. The molecule has 0 N–H and O–H groups in total. The van der Waals surface area contributed by atoms with E-state index in [1.165, 1.54) is 7.11 Å². The molecule has 19 heavy (non-hydrogen) atoms. The van der Waals surface area contributed by atoms with Crippen molar-refractivity contribution < 1.29 is 9.47 Å². The van der Waals surface area contributed by atoms with Gasteiger partial charge in [-0.05, 0) is 25.1 Å². The van der Waals surface area contributed by atoms with Crippen molar-refractivity contribution in [3.05, 3.63) is 58.0 Å². The van der Waals surface area contributed by atoms with E-state index in [1.807, 2.05) is 25.1 Å². The van der Waals surface area contributed by atoms with Crippen LogP contribution >= 0.6 is 0 Å². The highest BCUT2D eigenvalue weighted by Gasteiger charge is 2.07. The number of hydrogen-bond acceptors (Lipinski definition) is 3. The molecule has 0 amide bonds. The minimum absolute atomic E-state index is 0.145. The number of methoxy groups -OCH3 is 2. The van der Waals surface area contributed by atoms with Crippen LogP contribution in [0.2, 0.25) is 0 Å². The Labute approximate surface area is 112 Å². The van der Waals surface area contributed by atoms with Crippen LogP contribution in [0, 0.1) is 6.92 Å². The molecule has 1 aromatic heterocycles. The van der Waals surface area contributed by atoms with Gasteiger partial charge in [-0.15, -0.1) is 0 Å². The van der Waals surface area contributed by atoms with Crippen molar-refractivity contribution in [3.63, 3.8) is 0 Å². The predicted octanol–water partition coefficient (Wildman–Crippen LogP) is 2.22. The third-order valence-electron chi connectivity index (χ3n) is 2.98. The summed E-state index contributed by atoms with van der Waals surface area (Å²) in [7, 11) is 3.12. The first kappa shape index (κ1) is 13.2. The summed E-state index contributed by atoms with van der Waals surface area (Å²) in [5, 5.41) is 0. The van der Waals surface area contributed by atoms with E-state index in [0.717, 1.165) is 16.9 Å². The fraction of sp³-hybridized carbons (Fsp3) is 0.267. The summed E-state index contributed by atoms with van der Waals surface area (Å²) in [5.74, 6) is 1.12. The molecule has 1 heterocycles. The summed E-state index contributed by atoms with van der Waals surface area (Å²) in [5.41, 5.74) is 1.96. The molecular weight excluding hydrogens is 242 g/mol. The number of aryl methyl sites for hydroxylation is 1. The second-order valence-electron chi connectivity index (χ2n) is 4.32. The average Bonchev–Trinajstić information content (AvgIpc) is 2.41. The first-order valence-corrected chi connectivity index (χ1v) is 6.02. The number of rotatable bonds is 4. The minimum atomic E-state index is -0.145. The number of aromatic nitrogens is 1. The van der Waals surface area contributed by atoms with E-state index >= 15 is 0 Å². The third-order valence-corrected chi connectivity index (χ3v) is 2.98. The first-order valence-electron chi connectivity index (χ1n) is 6.02. The topological polar surface area (TPSA) is 40.5 Å². The van der Waals surface area contributed by atoms with Gasteiger partial charge in [0.15, 0.2) is 5.75 Å². The Morgan fingerprint density at radius 2 is 1.84 bits per heavy atom. The highest BCUT2D eigenvalue weighted by atomic mass is 16.5. The van der Waals surface area contributed by atoms with Gasteiger partial charge in [0, 0.05) is 11.8 Å². The zero-order chi connectivity index (χ0) is 13.8. The Morgan fingerprint density at radius 3 is 2.53 bits per heavy atom. The van der Waals surface area contributed by atoms with Crippen LogP contribution in [0.5, 0.6) is 11.5 Å². The zero-order valence-electron chi connectivity index (χ0n) is 11.3. The van der Waals surface area contributed by atoms with E-state index in [4.69, 9.17) is 9.47 Å². The molecule has 1 aromatic carbocycles. The highest BCUT2D eigenvalue weighted by Crippen LogP contribution is 2.20. The number of benzene rings is 1. The molecule has 2 aromatic rings. The summed E-state index contributed by atoms with van der Waals surface area (Å²) in [6, 6.07) is 9.37. The molecule has 4 heteroatoms. The van der Waals surface area contributed by atoms with E-state index in [0.29, 0.717) is 12.3 Å². The maximum atomic E-state index is 12.1. The quantitative estimate of drug-likeness (QED) is 0.845. The molecule has 100 valence electrons. The molecule has 0 radical (unpaired) electrons. The lowest BCUT2D eigenvalue weighted by Crippen LogP contribution is -2.21. The smallest absolute Gasteiger partial charge is 0.293 e. The molecule has 0 saturated carbocycles. The average molecular weight is 259 g/mol. The van der Waals surface area contributed by atoms with Crippen LogP contribution in [0.25, 0.3) is 0 Å². The van der Waals surface area contributed by atoms with Gasteiger partial charge < -0.3 is 14.0 Å². The van der Waals surface area contributed by atoms with Crippen LogP contribution in [0.15, 0.2) is 41.3 Å². The van der Waals surface area contributed by atoms with Gasteiger partial charge >= 0.3 is 0 Å². The van der Waals surface area contributed by atoms with Crippen molar-refractivity contribution in [2.75, 3.05) is 14.2 Å². The van der Waals surface area contributed by atoms with Gasteiger partial charge in [0.2, 0.25) is 0 Å². The van der Waals surface area contributed by atoms with Gasteiger partial charge in [0.05, 0.1) is 20.8 Å². The SMILES string of the molecule is COc1ccc(C)cc1Cn1cccc(OC)c1=O. The monoisotopic (exact) mass is 259 g/mol. The maximum Gasteiger partial charge on any atom is 0.293 e. The van der Waals surface area contributed by atoms with E-state index < -0.39 is 0 Å². The van der Waals surface area contributed by atoms with Crippen LogP contribution in [0.1, 0.15) is 11.1 Å². The van der Waals surface area contributed by atoms with Crippen molar-refractivity contribution in [1.29, 1.82) is 0 Å². The van der Waals surface area contributed by atoms with Gasteiger partial charge in [0.1, 0.15) is 5.75 Å². The predicted molar refractivity (Wildman–Crippen MR) is 74.1 cm³/mol. The molecular formula is C15H17NO3. The molecule has 0 saturated heterocycles. The molecule has 0 aliphatic carbocycles. The Balaban J connectivity index is 2.41. The van der Waals surface area contributed by atoms with E-state index in [-0.39, 0.29) is 5.56 Å². The van der Waals surface area contributed by atoms with Crippen LogP contribution in [0.3, 0.4) is 0 Å². The molecule has 0 aliphatic heterocycles. The molecule has 0 atom stereocenters. The lowest BCUT2D eigenvalue weighted by Gasteiger charge is -2.12. The van der Waals surface area contributed by atoms with Crippen molar-refractivity contribution in [3.8, 4) is 11.5 Å². The summed E-state index contributed by atoms with van der Waals surface area (Å²) in [6.07, 6.45) is 1.74. The van der Waals surface area contributed by atoms with Crippen LogP contribution < -0.4 is 15.0 Å². The summed E-state index contributed by atoms with van der Waals surface area (Å²) < 4.78 is 12.0. The summed E-state index contributed by atoms with van der Waals surface area (Å²) in [6.45, 7) is 2.47. The van der Waals surface area contributed by atoms with Gasteiger partial charge in [-0.3, -0.25) is 4.79 Å². The van der Waals surface area contributed by atoms with E-state index in [9.17, 15) is 4.79 Å². The molecule has 2 rings (SSSR count). The van der Waals surface area contributed by atoms with Crippen molar-refractivity contribution in [2.45, 2.75) is 13.5 Å². The normalized spacial score (nSPS) is 10.3. The summed E-state index contributed by atoms with van der Waals surface area (Å²) in [4.78, 5) is 12.1. The lowest BCUT2D eigenvalue weighted by atomic mass is 10.1. The standard InChI is InChI=1S/C15H17NO3/c1-11-6-7-13(18-2)12(9-11)10-16-8-4-5-14(19-3)15(16)17/h4-9H,10H2,1-3H3. The van der Waals surface area contributed by atoms with Crippen LogP contribution in [0.4, 0.5) is 0 Å². The fourth-order valence-corrected chi connectivity index (χ4v) is 2.01. The summed E-state index contributed by atoms with van der Waals surface area (Å²) >= 11 is 0. The second kappa shape index (κ2) is 5.61. The van der Waals surface area contributed by atoms with Gasteiger partial charge in [-0.25, -0.2) is 0 Å². The Hall–Kier alpha value is -2.23. The second-order valence-corrected chi connectivity index (χ2v) is 4.32. The van der Waals surface area contributed by atoms with Crippen molar-refractivity contribution in [1.82, 2.24) is 4.57 Å². The maximum absolute atomic E-state index is 12.1. The molecule has 0 fully saturated rings. The number of hydrogen-bond donors (Lipinski definition) is 0. The largest absolute Gasteiger partial charge is 0.496 e. The third kappa shape index (κ3) is 2.78. The fourth-order valence-electron chi connectivity index (χ4n) is 2.01. The van der Waals surface area contributed by atoms with Crippen molar-refractivity contribution >= 4 is 0 Å². The molecule has 4 nitrogen and oxygen atoms in total. The minimum Gasteiger partial charge on any atom is -0.496 e. The van der Waals surface area contributed by atoms with E-state index in [1.54, 1.807) is 30.0 Å². The molecule has 0 aliphatic rings. The molecule has 0 spiro atoms. The van der Waals surface area contributed by atoms with Crippen molar-refractivity contribution in [2.24, 2.45) is 0 Å².